The van der Waals surface area contributed by atoms with Gasteiger partial charge in [-0.05, 0) is 30.3 Å². The molecule has 2 aromatic carbocycles. The number of nitrogens with two attached hydrogens (primary N) is 1. The van der Waals surface area contributed by atoms with E-state index in [-0.39, 0.29) is 17.0 Å². The van der Waals surface area contributed by atoms with Crippen molar-refractivity contribution in [1.29, 1.82) is 5.26 Å². The molecule has 0 aliphatic carbocycles. The third kappa shape index (κ3) is 4.48. The third-order valence-corrected chi connectivity index (χ3v) is 3.30. The van der Waals surface area contributed by atoms with Crippen LogP contribution in [0.2, 0.25) is 0 Å². The highest BCUT2D eigenvalue weighted by Crippen LogP contribution is 2.29. The molecule has 4 N–H and O–H groups in total. The van der Waals surface area contributed by atoms with Gasteiger partial charge < -0.3 is 21.1 Å². The maximum absolute atomic E-state index is 12.2. The van der Waals surface area contributed by atoms with Crippen molar-refractivity contribution < 1.29 is 14.5 Å². The van der Waals surface area contributed by atoms with E-state index in [0.717, 1.165) is 0 Å². The molecule has 2 rings (SSSR count). The smallest absolute Gasteiger partial charge is 0.273 e. The average Bonchev–Trinajstić information content (AvgIpc) is 2.64. The zero-order valence-electron chi connectivity index (χ0n) is 13.7. The Balaban J connectivity index is 2.16. The quantitative estimate of drug-likeness (QED) is 0.238. The van der Waals surface area contributed by atoms with Gasteiger partial charge in [-0.15, -0.1) is 0 Å². The van der Waals surface area contributed by atoms with Gasteiger partial charge in [0.15, 0.2) is 0 Å². The van der Waals surface area contributed by atoms with E-state index in [4.69, 9.17) is 10.5 Å². The Morgan fingerprint density at radius 2 is 2.00 bits per heavy atom. The van der Waals surface area contributed by atoms with E-state index in [2.05, 4.69) is 10.6 Å². The van der Waals surface area contributed by atoms with Crippen LogP contribution in [0.3, 0.4) is 0 Å². The number of methoxy groups -OCH3 is 1. The lowest BCUT2D eigenvalue weighted by molar-refractivity contribution is -0.384. The van der Waals surface area contributed by atoms with Gasteiger partial charge >= 0.3 is 0 Å². The molecule has 0 atom stereocenters. The SMILES string of the molecule is COc1cc([N+](=O)[O-])ccc1N/C=C(/C#N)C(=O)Nc1ccc(N)cc1. The number of benzene rings is 2. The maximum atomic E-state index is 12.2. The van der Waals surface area contributed by atoms with E-state index < -0.39 is 10.8 Å². The summed E-state index contributed by atoms with van der Waals surface area (Å²) in [7, 11) is 1.35. The summed E-state index contributed by atoms with van der Waals surface area (Å²) in [6.45, 7) is 0. The molecule has 0 aromatic heterocycles. The molecule has 132 valence electrons. The fraction of sp³-hybridized carbons (Fsp3) is 0.0588. The summed E-state index contributed by atoms with van der Waals surface area (Å²) < 4.78 is 5.08. The number of ether oxygens (including phenoxy) is 1. The van der Waals surface area contributed by atoms with Gasteiger partial charge in [0.05, 0.1) is 23.8 Å². The van der Waals surface area contributed by atoms with Gasteiger partial charge in [0.1, 0.15) is 17.4 Å². The Morgan fingerprint density at radius 1 is 1.31 bits per heavy atom. The molecule has 26 heavy (non-hydrogen) atoms. The summed E-state index contributed by atoms with van der Waals surface area (Å²) in [5, 5.41) is 25.3. The Bertz CT molecular complexity index is 900. The number of rotatable bonds is 6. The predicted molar refractivity (Wildman–Crippen MR) is 96.5 cm³/mol. The van der Waals surface area contributed by atoms with Gasteiger partial charge in [0.25, 0.3) is 11.6 Å². The summed E-state index contributed by atoms with van der Waals surface area (Å²) in [6.07, 6.45) is 1.19. The van der Waals surface area contributed by atoms with Gasteiger partial charge in [-0.1, -0.05) is 0 Å². The van der Waals surface area contributed by atoms with Crippen LogP contribution in [0, 0.1) is 21.4 Å². The number of nitro benzene ring substituents is 1. The first-order chi connectivity index (χ1) is 12.4. The molecular formula is C17H15N5O4. The Morgan fingerprint density at radius 3 is 2.58 bits per heavy atom. The zero-order valence-corrected chi connectivity index (χ0v) is 13.7. The highest BCUT2D eigenvalue weighted by atomic mass is 16.6. The van der Waals surface area contributed by atoms with Crippen LogP contribution in [0.5, 0.6) is 5.75 Å². The van der Waals surface area contributed by atoms with Gasteiger partial charge in [-0.25, -0.2) is 0 Å². The second-order valence-electron chi connectivity index (χ2n) is 5.03. The first-order valence-corrected chi connectivity index (χ1v) is 7.30. The monoisotopic (exact) mass is 353 g/mol. The van der Waals surface area contributed by atoms with Gasteiger partial charge in [-0.3, -0.25) is 14.9 Å². The highest BCUT2D eigenvalue weighted by Gasteiger charge is 2.13. The Labute approximate surface area is 148 Å². The topological polar surface area (TPSA) is 143 Å². The number of anilines is 3. The number of nitrogens with one attached hydrogen (secondary N) is 2. The fourth-order valence-electron chi connectivity index (χ4n) is 1.98. The summed E-state index contributed by atoms with van der Waals surface area (Å²) in [5.41, 5.74) is 6.64. The minimum absolute atomic E-state index is 0.141. The fourth-order valence-corrected chi connectivity index (χ4v) is 1.98. The minimum Gasteiger partial charge on any atom is -0.494 e. The lowest BCUT2D eigenvalue weighted by atomic mass is 10.2. The van der Waals surface area contributed by atoms with E-state index in [0.29, 0.717) is 17.1 Å². The van der Waals surface area contributed by atoms with E-state index in [1.165, 1.54) is 31.5 Å². The van der Waals surface area contributed by atoms with Crippen molar-refractivity contribution in [3.05, 3.63) is 64.4 Å². The number of amides is 1. The van der Waals surface area contributed by atoms with Crippen LogP contribution in [-0.2, 0) is 4.79 Å². The van der Waals surface area contributed by atoms with Crippen molar-refractivity contribution in [1.82, 2.24) is 0 Å². The number of nitrogens with zero attached hydrogens (tertiary/aromatic N) is 2. The summed E-state index contributed by atoms with van der Waals surface area (Å²) in [6, 6.07) is 12.2. The number of nitro groups is 1. The third-order valence-electron chi connectivity index (χ3n) is 3.30. The lowest BCUT2D eigenvalue weighted by Crippen LogP contribution is -2.14. The zero-order chi connectivity index (χ0) is 19.1. The van der Waals surface area contributed by atoms with E-state index in [1.807, 2.05) is 0 Å². The first-order valence-electron chi connectivity index (χ1n) is 7.30. The number of nitriles is 1. The number of non-ortho nitro benzene ring substituents is 1. The number of carbonyl (C=O) groups is 1. The normalized spacial score (nSPS) is 10.5. The number of hydrogen-bond acceptors (Lipinski definition) is 7. The molecule has 1 amide bonds. The van der Waals surface area contributed by atoms with Crippen LogP contribution in [0.4, 0.5) is 22.7 Å². The van der Waals surface area contributed by atoms with Crippen molar-refractivity contribution in [2.45, 2.75) is 0 Å². The van der Waals surface area contributed by atoms with Gasteiger partial charge in [0, 0.05) is 23.6 Å². The summed E-state index contributed by atoms with van der Waals surface area (Å²) in [4.78, 5) is 22.4. The van der Waals surface area contributed by atoms with Gasteiger partial charge in [-0.2, -0.15) is 5.26 Å². The average molecular weight is 353 g/mol. The van der Waals surface area contributed by atoms with E-state index >= 15 is 0 Å². The molecule has 0 radical (unpaired) electrons. The maximum Gasteiger partial charge on any atom is 0.273 e. The predicted octanol–water partition coefficient (Wildman–Crippen LogP) is 2.64. The second-order valence-corrected chi connectivity index (χ2v) is 5.03. The molecule has 2 aromatic rings. The van der Waals surface area contributed by atoms with Crippen LogP contribution in [0.25, 0.3) is 0 Å². The molecule has 0 spiro atoms. The Hall–Kier alpha value is -4.06. The molecule has 0 saturated carbocycles. The molecule has 0 saturated heterocycles. The summed E-state index contributed by atoms with van der Waals surface area (Å²) >= 11 is 0. The Kier molecular flexibility index (Phi) is 5.74. The largest absolute Gasteiger partial charge is 0.494 e. The van der Waals surface area contributed by atoms with Crippen molar-refractivity contribution in [2.75, 3.05) is 23.5 Å². The molecule has 0 fully saturated rings. The van der Waals surface area contributed by atoms with Crippen molar-refractivity contribution in [2.24, 2.45) is 0 Å². The molecule has 0 aliphatic rings. The van der Waals surface area contributed by atoms with Crippen molar-refractivity contribution in [3.8, 4) is 11.8 Å². The standard InChI is InChI=1S/C17H15N5O4/c1-26-16-8-14(22(24)25)6-7-15(16)20-10-11(9-18)17(23)21-13-4-2-12(19)3-5-13/h2-8,10,20H,19H2,1H3,(H,21,23)/b11-10-. The molecular weight excluding hydrogens is 338 g/mol. The minimum atomic E-state index is -0.620. The number of carbonyl (C=O) groups excluding carboxylic acids is 1. The number of hydrogen-bond donors (Lipinski definition) is 3. The highest BCUT2D eigenvalue weighted by molar-refractivity contribution is 6.06. The molecule has 0 heterocycles. The number of nitrogen functional groups attached to an aromatic ring is 1. The first kappa shape index (κ1) is 18.3. The van der Waals surface area contributed by atoms with E-state index in [9.17, 15) is 20.2 Å². The molecule has 9 heteroatoms. The van der Waals surface area contributed by atoms with Crippen LogP contribution in [0.15, 0.2) is 54.2 Å². The second kappa shape index (κ2) is 8.16. The molecule has 0 bridgehead atoms. The van der Waals surface area contributed by atoms with Gasteiger partial charge in [0.2, 0.25) is 0 Å². The summed E-state index contributed by atoms with van der Waals surface area (Å²) in [5.74, 6) is -0.419. The molecule has 9 nitrogen and oxygen atoms in total. The van der Waals surface area contributed by atoms with Crippen LogP contribution >= 0.6 is 0 Å². The van der Waals surface area contributed by atoms with Crippen LogP contribution in [0.1, 0.15) is 0 Å². The molecule has 0 aliphatic heterocycles. The van der Waals surface area contributed by atoms with Crippen LogP contribution in [-0.4, -0.2) is 17.9 Å². The van der Waals surface area contributed by atoms with Crippen molar-refractivity contribution >= 4 is 28.7 Å². The van der Waals surface area contributed by atoms with Crippen LogP contribution < -0.4 is 21.1 Å². The van der Waals surface area contributed by atoms with E-state index in [1.54, 1.807) is 30.3 Å². The molecule has 0 unspecified atom stereocenters. The lowest BCUT2D eigenvalue weighted by Gasteiger charge is -2.09. The van der Waals surface area contributed by atoms with Crippen molar-refractivity contribution in [3.63, 3.8) is 0 Å².